The van der Waals surface area contributed by atoms with Crippen LogP contribution in [-0.4, -0.2) is 16.6 Å². The summed E-state index contributed by atoms with van der Waals surface area (Å²) in [6.45, 7) is 1.84. The first-order chi connectivity index (χ1) is 11.7. The van der Waals surface area contributed by atoms with Crippen molar-refractivity contribution in [2.24, 2.45) is 5.10 Å². The predicted octanol–water partition coefficient (Wildman–Crippen LogP) is 3.90. The van der Waals surface area contributed by atoms with Crippen LogP contribution >= 0.6 is 0 Å². The van der Waals surface area contributed by atoms with Crippen LogP contribution in [0.2, 0.25) is 0 Å². The fourth-order valence-electron chi connectivity index (χ4n) is 2.30. The van der Waals surface area contributed by atoms with Gasteiger partial charge in [0, 0.05) is 23.5 Å². The highest BCUT2D eigenvalue weighted by Gasteiger charge is 2.05. The van der Waals surface area contributed by atoms with Gasteiger partial charge in [0.25, 0.3) is 5.91 Å². The average molecular weight is 315 g/mol. The van der Waals surface area contributed by atoms with Gasteiger partial charge in [-0.2, -0.15) is 5.10 Å². The number of carbonyl (C=O) groups is 1. The molecule has 0 saturated carbocycles. The molecule has 4 heteroatoms. The molecule has 0 spiro atoms. The fourth-order valence-corrected chi connectivity index (χ4v) is 2.30. The van der Waals surface area contributed by atoms with E-state index in [-0.39, 0.29) is 5.91 Å². The second-order valence-corrected chi connectivity index (χ2v) is 5.32. The van der Waals surface area contributed by atoms with E-state index in [0.717, 1.165) is 22.4 Å². The second kappa shape index (κ2) is 7.33. The highest BCUT2D eigenvalue weighted by Crippen LogP contribution is 2.19. The third-order valence-electron chi connectivity index (χ3n) is 3.68. The topological polar surface area (TPSA) is 54.4 Å². The van der Waals surface area contributed by atoms with Crippen LogP contribution in [0.15, 0.2) is 84.2 Å². The number of hydrazone groups is 1. The lowest BCUT2D eigenvalue weighted by atomic mass is 10.0. The Morgan fingerprint density at radius 2 is 1.46 bits per heavy atom. The molecular weight excluding hydrogens is 298 g/mol. The quantitative estimate of drug-likeness (QED) is 0.586. The third kappa shape index (κ3) is 3.73. The number of pyridine rings is 1. The van der Waals surface area contributed by atoms with Crippen LogP contribution in [0.4, 0.5) is 0 Å². The molecule has 3 aromatic rings. The molecule has 0 aliphatic heterocycles. The number of hydrogen-bond acceptors (Lipinski definition) is 3. The molecule has 0 radical (unpaired) electrons. The molecule has 0 aliphatic carbocycles. The van der Waals surface area contributed by atoms with E-state index in [1.807, 2.05) is 61.5 Å². The number of hydrogen-bond donors (Lipinski definition) is 1. The molecule has 1 amide bonds. The Hall–Kier alpha value is -3.27. The van der Waals surface area contributed by atoms with Crippen LogP contribution in [0.5, 0.6) is 0 Å². The minimum absolute atomic E-state index is 0.233. The minimum Gasteiger partial charge on any atom is -0.267 e. The van der Waals surface area contributed by atoms with Gasteiger partial charge in [0.1, 0.15) is 0 Å². The molecule has 0 bridgehead atoms. The van der Waals surface area contributed by atoms with E-state index >= 15 is 0 Å². The standard InChI is InChI=1S/C20H17N3O/c1-15(16-11-13-21-14-12-16)22-23-20(24)19-9-7-18(8-10-19)17-5-3-2-4-6-17/h2-14H,1H3,(H,23,24)/b22-15-. The summed E-state index contributed by atoms with van der Waals surface area (Å²) in [6.07, 6.45) is 3.39. The first-order valence-corrected chi connectivity index (χ1v) is 7.64. The van der Waals surface area contributed by atoms with Gasteiger partial charge in [-0.15, -0.1) is 0 Å². The largest absolute Gasteiger partial charge is 0.271 e. The van der Waals surface area contributed by atoms with Gasteiger partial charge < -0.3 is 0 Å². The Bertz CT molecular complexity index is 841. The summed E-state index contributed by atoms with van der Waals surface area (Å²) in [5.74, 6) is -0.233. The van der Waals surface area contributed by atoms with Crippen molar-refractivity contribution >= 4 is 11.6 Å². The van der Waals surface area contributed by atoms with Crippen molar-refractivity contribution < 1.29 is 4.79 Å². The molecule has 4 nitrogen and oxygen atoms in total. The number of benzene rings is 2. The van der Waals surface area contributed by atoms with Gasteiger partial charge in [-0.1, -0.05) is 42.5 Å². The van der Waals surface area contributed by atoms with Crippen LogP contribution in [0.3, 0.4) is 0 Å². The number of amides is 1. The maximum atomic E-state index is 12.2. The molecule has 1 heterocycles. The van der Waals surface area contributed by atoms with Crippen molar-refractivity contribution in [1.29, 1.82) is 0 Å². The molecule has 0 atom stereocenters. The summed E-state index contributed by atoms with van der Waals surface area (Å²) in [5, 5.41) is 4.14. The molecule has 0 saturated heterocycles. The Labute approximate surface area is 140 Å². The van der Waals surface area contributed by atoms with Gasteiger partial charge in [0.05, 0.1) is 5.71 Å². The van der Waals surface area contributed by atoms with Gasteiger partial charge in [-0.3, -0.25) is 9.78 Å². The molecule has 1 N–H and O–H groups in total. The summed E-state index contributed by atoms with van der Waals surface area (Å²) in [6, 6.07) is 21.2. The van der Waals surface area contributed by atoms with E-state index in [1.165, 1.54) is 0 Å². The highest BCUT2D eigenvalue weighted by atomic mass is 16.2. The highest BCUT2D eigenvalue weighted by molar-refractivity contribution is 6.00. The average Bonchev–Trinajstić information content (AvgIpc) is 2.67. The van der Waals surface area contributed by atoms with E-state index in [4.69, 9.17) is 0 Å². The third-order valence-corrected chi connectivity index (χ3v) is 3.68. The van der Waals surface area contributed by atoms with Crippen molar-refractivity contribution in [2.45, 2.75) is 6.92 Å². The molecule has 2 aromatic carbocycles. The molecule has 3 rings (SSSR count). The van der Waals surface area contributed by atoms with Crippen molar-refractivity contribution in [3.8, 4) is 11.1 Å². The molecule has 0 unspecified atom stereocenters. The Kier molecular flexibility index (Phi) is 4.77. The molecular formula is C20H17N3O. The van der Waals surface area contributed by atoms with Gasteiger partial charge >= 0.3 is 0 Å². The lowest BCUT2D eigenvalue weighted by Crippen LogP contribution is -2.19. The van der Waals surface area contributed by atoms with Crippen molar-refractivity contribution in [2.75, 3.05) is 0 Å². The minimum atomic E-state index is -0.233. The van der Waals surface area contributed by atoms with Crippen LogP contribution in [0, 0.1) is 0 Å². The Morgan fingerprint density at radius 1 is 0.833 bits per heavy atom. The Morgan fingerprint density at radius 3 is 2.12 bits per heavy atom. The zero-order chi connectivity index (χ0) is 16.8. The smallest absolute Gasteiger partial charge is 0.267 e. The molecule has 0 aliphatic rings. The monoisotopic (exact) mass is 315 g/mol. The van der Waals surface area contributed by atoms with E-state index in [9.17, 15) is 4.79 Å². The number of nitrogens with zero attached hydrogens (tertiary/aromatic N) is 2. The van der Waals surface area contributed by atoms with Gasteiger partial charge in [-0.25, -0.2) is 5.43 Å². The number of nitrogens with one attached hydrogen (secondary N) is 1. The predicted molar refractivity (Wildman–Crippen MR) is 95.8 cm³/mol. The summed E-state index contributed by atoms with van der Waals surface area (Å²) >= 11 is 0. The first kappa shape index (κ1) is 15.6. The van der Waals surface area contributed by atoms with Crippen molar-refractivity contribution in [3.63, 3.8) is 0 Å². The molecule has 24 heavy (non-hydrogen) atoms. The maximum absolute atomic E-state index is 12.2. The van der Waals surface area contributed by atoms with E-state index in [1.54, 1.807) is 24.5 Å². The Balaban J connectivity index is 1.70. The van der Waals surface area contributed by atoms with Crippen molar-refractivity contribution in [1.82, 2.24) is 10.4 Å². The van der Waals surface area contributed by atoms with Crippen LogP contribution in [0.25, 0.3) is 11.1 Å². The van der Waals surface area contributed by atoms with Crippen LogP contribution in [0.1, 0.15) is 22.8 Å². The number of rotatable bonds is 4. The summed E-state index contributed by atoms with van der Waals surface area (Å²) < 4.78 is 0. The SMILES string of the molecule is C/C(=N/NC(=O)c1ccc(-c2ccccc2)cc1)c1ccncc1. The lowest BCUT2D eigenvalue weighted by Gasteiger charge is -2.05. The van der Waals surface area contributed by atoms with E-state index in [2.05, 4.69) is 15.5 Å². The van der Waals surface area contributed by atoms with Gasteiger partial charge in [0.2, 0.25) is 0 Å². The summed E-state index contributed by atoms with van der Waals surface area (Å²) in [5.41, 5.74) is 7.00. The maximum Gasteiger partial charge on any atom is 0.271 e. The number of aromatic nitrogens is 1. The van der Waals surface area contributed by atoms with E-state index in [0.29, 0.717) is 5.56 Å². The summed E-state index contributed by atoms with van der Waals surface area (Å²) in [7, 11) is 0. The van der Waals surface area contributed by atoms with Crippen LogP contribution in [-0.2, 0) is 0 Å². The zero-order valence-electron chi connectivity index (χ0n) is 13.3. The normalized spacial score (nSPS) is 11.1. The zero-order valence-corrected chi connectivity index (χ0v) is 13.3. The van der Waals surface area contributed by atoms with E-state index < -0.39 is 0 Å². The van der Waals surface area contributed by atoms with Crippen LogP contribution < -0.4 is 5.43 Å². The fraction of sp³-hybridized carbons (Fsp3) is 0.0500. The summed E-state index contributed by atoms with van der Waals surface area (Å²) in [4.78, 5) is 16.2. The van der Waals surface area contributed by atoms with Crippen molar-refractivity contribution in [3.05, 3.63) is 90.3 Å². The first-order valence-electron chi connectivity index (χ1n) is 7.64. The van der Waals surface area contributed by atoms with Gasteiger partial charge in [0.15, 0.2) is 0 Å². The lowest BCUT2D eigenvalue weighted by molar-refractivity contribution is 0.0955. The molecule has 118 valence electrons. The molecule has 1 aromatic heterocycles. The van der Waals surface area contributed by atoms with Gasteiger partial charge in [-0.05, 0) is 42.3 Å². The second-order valence-electron chi connectivity index (χ2n) is 5.32. The number of carbonyl (C=O) groups excluding carboxylic acids is 1. The molecule has 0 fully saturated rings.